The normalized spacial score (nSPS) is 12.9. The SMILES string of the molecule is Cc1ccc(C(N)CNC(=O)OC(C)(C)C)cc1O. The fourth-order valence-electron chi connectivity index (χ4n) is 1.48. The van der Waals surface area contributed by atoms with E-state index in [9.17, 15) is 9.90 Å². The highest BCUT2D eigenvalue weighted by Gasteiger charge is 2.17. The number of benzene rings is 1. The van der Waals surface area contributed by atoms with Crippen LogP contribution >= 0.6 is 0 Å². The number of phenolic OH excluding ortho intramolecular Hbond substituents is 1. The first kappa shape index (κ1) is 15.3. The average molecular weight is 266 g/mol. The van der Waals surface area contributed by atoms with Crippen LogP contribution in [0.2, 0.25) is 0 Å². The molecule has 1 atom stereocenters. The van der Waals surface area contributed by atoms with E-state index in [1.54, 1.807) is 32.9 Å². The molecule has 1 rings (SSSR count). The molecule has 19 heavy (non-hydrogen) atoms. The van der Waals surface area contributed by atoms with Crippen molar-refractivity contribution >= 4 is 6.09 Å². The van der Waals surface area contributed by atoms with Gasteiger partial charge in [0.25, 0.3) is 0 Å². The molecule has 0 aliphatic heterocycles. The van der Waals surface area contributed by atoms with Crippen LogP contribution < -0.4 is 11.1 Å². The lowest BCUT2D eigenvalue weighted by atomic mass is 10.1. The van der Waals surface area contributed by atoms with Gasteiger partial charge in [-0.05, 0) is 44.9 Å². The van der Waals surface area contributed by atoms with Gasteiger partial charge in [-0.2, -0.15) is 0 Å². The van der Waals surface area contributed by atoms with Crippen molar-refractivity contribution in [1.29, 1.82) is 0 Å². The number of nitrogens with one attached hydrogen (secondary N) is 1. The molecule has 0 aliphatic rings. The number of carbonyl (C=O) groups excluding carboxylic acids is 1. The van der Waals surface area contributed by atoms with Gasteiger partial charge in [0.1, 0.15) is 11.4 Å². The van der Waals surface area contributed by atoms with E-state index >= 15 is 0 Å². The summed E-state index contributed by atoms with van der Waals surface area (Å²) in [5.41, 5.74) is 6.96. The van der Waals surface area contributed by atoms with Gasteiger partial charge >= 0.3 is 6.09 Å². The zero-order valence-corrected chi connectivity index (χ0v) is 11.9. The molecule has 0 heterocycles. The van der Waals surface area contributed by atoms with E-state index in [2.05, 4.69) is 5.32 Å². The minimum Gasteiger partial charge on any atom is -0.508 e. The van der Waals surface area contributed by atoms with Gasteiger partial charge in [0.05, 0.1) is 0 Å². The van der Waals surface area contributed by atoms with Crippen LogP contribution in [0.25, 0.3) is 0 Å². The highest BCUT2D eigenvalue weighted by molar-refractivity contribution is 5.67. The van der Waals surface area contributed by atoms with E-state index in [1.165, 1.54) is 0 Å². The lowest BCUT2D eigenvalue weighted by molar-refractivity contribution is 0.0524. The molecule has 0 fully saturated rings. The number of hydrogen-bond donors (Lipinski definition) is 3. The highest BCUT2D eigenvalue weighted by Crippen LogP contribution is 2.20. The smallest absolute Gasteiger partial charge is 0.407 e. The fourth-order valence-corrected chi connectivity index (χ4v) is 1.48. The van der Waals surface area contributed by atoms with Crippen LogP contribution in [0, 0.1) is 6.92 Å². The first-order chi connectivity index (χ1) is 8.69. The van der Waals surface area contributed by atoms with E-state index < -0.39 is 11.7 Å². The molecular formula is C14H22N2O3. The topological polar surface area (TPSA) is 84.6 Å². The van der Waals surface area contributed by atoms with Crippen molar-refractivity contribution in [3.63, 3.8) is 0 Å². The van der Waals surface area contributed by atoms with Crippen molar-refractivity contribution in [3.8, 4) is 5.75 Å². The molecule has 4 N–H and O–H groups in total. The van der Waals surface area contributed by atoms with Crippen LogP contribution in [-0.4, -0.2) is 23.3 Å². The second-order valence-corrected chi connectivity index (χ2v) is 5.54. The number of amides is 1. The second-order valence-electron chi connectivity index (χ2n) is 5.54. The Morgan fingerprint density at radius 3 is 2.63 bits per heavy atom. The van der Waals surface area contributed by atoms with Gasteiger partial charge < -0.3 is 20.9 Å². The van der Waals surface area contributed by atoms with Gasteiger partial charge in [-0.1, -0.05) is 12.1 Å². The monoisotopic (exact) mass is 266 g/mol. The van der Waals surface area contributed by atoms with Crippen LogP contribution in [0.4, 0.5) is 4.79 Å². The standard InChI is InChI=1S/C14H22N2O3/c1-9-5-6-10(7-12(9)17)11(15)8-16-13(18)19-14(2,3)4/h5-7,11,17H,8,15H2,1-4H3,(H,16,18). The summed E-state index contributed by atoms with van der Waals surface area (Å²) < 4.78 is 5.11. The lowest BCUT2D eigenvalue weighted by Gasteiger charge is -2.21. The Bertz CT molecular complexity index is 452. The van der Waals surface area contributed by atoms with Crippen molar-refractivity contribution in [2.24, 2.45) is 5.73 Å². The first-order valence-electron chi connectivity index (χ1n) is 6.21. The maximum Gasteiger partial charge on any atom is 0.407 e. The summed E-state index contributed by atoms with van der Waals surface area (Å²) >= 11 is 0. The van der Waals surface area contributed by atoms with Gasteiger partial charge in [-0.15, -0.1) is 0 Å². The molecule has 1 aromatic carbocycles. The number of ether oxygens (including phenoxy) is 1. The molecule has 0 saturated heterocycles. The Hall–Kier alpha value is -1.75. The predicted molar refractivity (Wildman–Crippen MR) is 74.0 cm³/mol. The van der Waals surface area contributed by atoms with E-state index in [-0.39, 0.29) is 18.3 Å². The maximum absolute atomic E-state index is 11.5. The summed E-state index contributed by atoms with van der Waals surface area (Å²) in [6, 6.07) is 4.84. The van der Waals surface area contributed by atoms with Crippen LogP contribution in [0.5, 0.6) is 5.75 Å². The highest BCUT2D eigenvalue weighted by atomic mass is 16.6. The summed E-state index contributed by atoms with van der Waals surface area (Å²) in [5.74, 6) is 0.199. The summed E-state index contributed by atoms with van der Waals surface area (Å²) in [7, 11) is 0. The lowest BCUT2D eigenvalue weighted by Crippen LogP contribution is -2.36. The largest absolute Gasteiger partial charge is 0.508 e. The molecule has 1 unspecified atom stereocenters. The van der Waals surface area contributed by atoms with E-state index in [1.807, 2.05) is 13.0 Å². The van der Waals surface area contributed by atoms with Crippen LogP contribution in [0.1, 0.15) is 37.9 Å². The molecule has 1 aromatic rings. The van der Waals surface area contributed by atoms with Crippen molar-refractivity contribution in [1.82, 2.24) is 5.32 Å². The van der Waals surface area contributed by atoms with E-state index in [0.717, 1.165) is 11.1 Å². The van der Waals surface area contributed by atoms with Gasteiger partial charge in [0.2, 0.25) is 0 Å². The summed E-state index contributed by atoms with van der Waals surface area (Å²) in [6.07, 6.45) is -0.501. The van der Waals surface area contributed by atoms with E-state index in [4.69, 9.17) is 10.5 Å². The Morgan fingerprint density at radius 1 is 1.47 bits per heavy atom. The number of hydrogen-bond acceptors (Lipinski definition) is 4. The van der Waals surface area contributed by atoms with Crippen molar-refractivity contribution < 1.29 is 14.6 Å². The van der Waals surface area contributed by atoms with Gasteiger partial charge in [-0.3, -0.25) is 0 Å². The third kappa shape index (κ3) is 5.18. The fraction of sp³-hybridized carbons (Fsp3) is 0.500. The molecule has 0 spiro atoms. The van der Waals surface area contributed by atoms with E-state index in [0.29, 0.717) is 0 Å². The molecule has 0 saturated carbocycles. The Kier molecular flexibility index (Phi) is 4.78. The molecule has 0 radical (unpaired) electrons. The molecule has 1 amide bonds. The third-order valence-electron chi connectivity index (χ3n) is 2.53. The predicted octanol–water partition coefficient (Wildman–Crippen LogP) is 2.23. The number of rotatable bonds is 3. The van der Waals surface area contributed by atoms with Gasteiger partial charge in [-0.25, -0.2) is 4.79 Å². The van der Waals surface area contributed by atoms with Crippen molar-refractivity contribution in [3.05, 3.63) is 29.3 Å². The molecular weight excluding hydrogens is 244 g/mol. The number of alkyl carbamates (subject to hydrolysis) is 1. The summed E-state index contributed by atoms with van der Waals surface area (Å²) in [5, 5.41) is 12.2. The molecule has 0 aliphatic carbocycles. The molecule has 0 aromatic heterocycles. The Labute approximate surface area is 113 Å². The number of aromatic hydroxyl groups is 1. The third-order valence-corrected chi connectivity index (χ3v) is 2.53. The minimum absolute atomic E-state index is 0.199. The minimum atomic E-state index is -0.531. The van der Waals surface area contributed by atoms with Gasteiger partial charge in [0.15, 0.2) is 0 Å². The number of aryl methyl sites for hydroxylation is 1. The van der Waals surface area contributed by atoms with Crippen LogP contribution in [0.3, 0.4) is 0 Å². The molecule has 0 bridgehead atoms. The van der Waals surface area contributed by atoms with Crippen LogP contribution in [-0.2, 0) is 4.74 Å². The average Bonchev–Trinajstić information content (AvgIpc) is 2.27. The number of carbonyl (C=O) groups is 1. The zero-order chi connectivity index (χ0) is 14.6. The Balaban J connectivity index is 2.53. The summed E-state index contributed by atoms with van der Waals surface area (Å²) in [4.78, 5) is 11.5. The summed E-state index contributed by atoms with van der Waals surface area (Å²) in [6.45, 7) is 7.44. The Morgan fingerprint density at radius 2 is 2.11 bits per heavy atom. The second kappa shape index (κ2) is 5.93. The van der Waals surface area contributed by atoms with Gasteiger partial charge in [0, 0.05) is 12.6 Å². The van der Waals surface area contributed by atoms with Crippen molar-refractivity contribution in [2.45, 2.75) is 39.3 Å². The molecule has 5 heteroatoms. The number of nitrogens with two attached hydrogens (primary N) is 1. The van der Waals surface area contributed by atoms with Crippen molar-refractivity contribution in [2.75, 3.05) is 6.54 Å². The number of phenols is 1. The first-order valence-corrected chi connectivity index (χ1v) is 6.21. The zero-order valence-electron chi connectivity index (χ0n) is 11.9. The van der Waals surface area contributed by atoms with Crippen LogP contribution in [0.15, 0.2) is 18.2 Å². The molecule has 5 nitrogen and oxygen atoms in total. The maximum atomic E-state index is 11.5. The quantitative estimate of drug-likeness (QED) is 0.783. The molecule has 106 valence electrons.